The first-order chi connectivity index (χ1) is 12.5. The summed E-state index contributed by atoms with van der Waals surface area (Å²) < 4.78 is 0. The zero-order valence-corrected chi connectivity index (χ0v) is 19.4. The Morgan fingerprint density at radius 1 is 0.414 bits per heavy atom. The summed E-state index contributed by atoms with van der Waals surface area (Å²) in [5.74, 6) is -1.50. The van der Waals surface area contributed by atoms with Gasteiger partial charge in [0, 0.05) is 0 Å². The predicted molar refractivity (Wildman–Crippen MR) is 97.8 cm³/mol. The number of ketones is 4. The second-order valence-corrected chi connectivity index (χ2v) is 5.46. The molecule has 161 valence electrons. The van der Waals surface area contributed by atoms with Gasteiger partial charge in [0.25, 0.3) is 0 Å². The summed E-state index contributed by atoms with van der Waals surface area (Å²) in [7, 11) is 0. The minimum atomic E-state index is -0.187. The van der Waals surface area contributed by atoms with Crippen molar-refractivity contribution in [2.24, 2.45) is 0 Å². The summed E-state index contributed by atoms with van der Waals surface area (Å²) in [6.45, 7) is 10.8. The van der Waals surface area contributed by atoms with Crippen molar-refractivity contribution >= 4 is 23.1 Å². The molecule has 0 aromatic rings. The topological polar surface area (TPSA) is 161 Å². The van der Waals surface area contributed by atoms with E-state index in [2.05, 4.69) is 0 Å². The Morgan fingerprint density at radius 2 is 0.517 bits per heavy atom. The molecule has 0 heterocycles. The average molecular weight is 447 g/mol. The molecule has 0 aliphatic heterocycles. The fourth-order valence-corrected chi connectivity index (χ4v) is 1.14. The molecule has 0 saturated carbocycles. The maximum absolute atomic E-state index is 9.98. The first kappa shape index (κ1) is 37.2. The largest absolute Gasteiger partial charge is 4.00 e. The Balaban J connectivity index is -0.0000000873. The number of hydrogen-bond donors (Lipinski definition) is 0. The second-order valence-electron chi connectivity index (χ2n) is 5.46. The van der Waals surface area contributed by atoms with Crippen molar-refractivity contribution < 1.29 is 58.2 Å². The molecule has 0 aromatic carbocycles. The Hall–Kier alpha value is -2.58. The van der Waals surface area contributed by atoms with Gasteiger partial charge < -0.3 is 20.4 Å². The summed E-state index contributed by atoms with van der Waals surface area (Å²) in [6.07, 6.45) is 4.22. The van der Waals surface area contributed by atoms with Gasteiger partial charge in [-0.25, -0.2) is 0 Å². The molecule has 0 aliphatic rings. The van der Waals surface area contributed by atoms with Crippen LogP contribution in [-0.4, -0.2) is 23.1 Å². The van der Waals surface area contributed by atoms with Crippen LogP contribution in [0.2, 0.25) is 0 Å². The van der Waals surface area contributed by atoms with E-state index in [1.165, 1.54) is 55.4 Å². The van der Waals surface area contributed by atoms with Crippen molar-refractivity contribution in [3.8, 4) is 0 Å². The van der Waals surface area contributed by atoms with Gasteiger partial charge in [0.05, 0.1) is 0 Å². The van der Waals surface area contributed by atoms with Crippen LogP contribution >= 0.6 is 0 Å². The Morgan fingerprint density at radius 3 is 0.517 bits per heavy atom. The van der Waals surface area contributed by atoms with E-state index in [-0.39, 0.29) is 64.7 Å². The van der Waals surface area contributed by atoms with Gasteiger partial charge in [-0.2, -0.15) is 0 Å². The van der Waals surface area contributed by atoms with Gasteiger partial charge >= 0.3 is 18.6 Å². The molecule has 0 spiro atoms. The summed E-state index contributed by atoms with van der Waals surface area (Å²) >= 11 is 0. The molecule has 0 fully saturated rings. The third-order valence-electron chi connectivity index (χ3n) is 1.63. The van der Waals surface area contributed by atoms with Crippen molar-refractivity contribution in [2.75, 3.05) is 0 Å². The van der Waals surface area contributed by atoms with Crippen molar-refractivity contribution in [3.05, 3.63) is 47.3 Å². The van der Waals surface area contributed by atoms with E-state index in [0.29, 0.717) is 0 Å². The van der Waals surface area contributed by atoms with Crippen LogP contribution in [-0.2, 0) is 37.7 Å². The molecule has 8 nitrogen and oxygen atoms in total. The van der Waals surface area contributed by atoms with E-state index in [1.807, 2.05) is 0 Å². The van der Waals surface area contributed by atoms with Crippen LogP contribution in [0.15, 0.2) is 47.3 Å². The van der Waals surface area contributed by atoms with Crippen molar-refractivity contribution in [2.45, 2.75) is 55.4 Å². The number of carbonyl (C=O) groups excluding carboxylic acids is 4. The molecule has 0 bridgehead atoms. The average Bonchev–Trinajstić information content (AvgIpc) is 2.32. The van der Waals surface area contributed by atoms with E-state index in [0.717, 1.165) is 24.3 Å². The molecular weight excluding hydrogens is 419 g/mol. The molecule has 1 radical (unpaired) electrons. The molecule has 9 heteroatoms. The molecule has 0 N–H and O–H groups in total. The van der Waals surface area contributed by atoms with Gasteiger partial charge in [0.15, 0.2) is 23.1 Å². The number of allylic oxidation sites excluding steroid dienone is 8. The Kier molecular flexibility index (Phi) is 30.1. The van der Waals surface area contributed by atoms with Crippen LogP contribution in [0.3, 0.4) is 0 Å². The number of carbonyl (C=O) groups is 4. The molecule has 0 saturated heterocycles. The van der Waals surface area contributed by atoms with E-state index in [9.17, 15) is 39.6 Å². The Labute approximate surface area is 184 Å². The SMILES string of the molecule is CC(=O)/C=C(/C)[O-].CC(=O)/C=C(/C)[O-].CC(=O)/C=C(/C)[O-].CC(=O)/C=C(/C)[O-].[V+4]. The maximum atomic E-state index is 9.98. The number of rotatable bonds is 4. The minimum absolute atomic E-state index is 0. The van der Waals surface area contributed by atoms with Crippen LogP contribution in [0.1, 0.15) is 55.4 Å². The van der Waals surface area contributed by atoms with Crippen LogP contribution in [0.4, 0.5) is 0 Å². The van der Waals surface area contributed by atoms with Gasteiger partial charge in [0.2, 0.25) is 0 Å². The van der Waals surface area contributed by atoms with Crippen LogP contribution < -0.4 is 20.4 Å². The van der Waals surface area contributed by atoms with Gasteiger partial charge in [-0.05, 0) is 52.0 Å². The van der Waals surface area contributed by atoms with Gasteiger partial charge in [0.1, 0.15) is 0 Å². The summed E-state index contributed by atoms with van der Waals surface area (Å²) in [5, 5.41) is 39.9. The molecule has 0 atom stereocenters. The molecule has 0 unspecified atom stereocenters. The zero-order valence-electron chi connectivity index (χ0n) is 18.0. The smallest absolute Gasteiger partial charge is 0.876 e. The molecule has 0 amide bonds. The minimum Gasteiger partial charge on any atom is -0.876 e. The Bertz CT molecular complexity index is 513. The van der Waals surface area contributed by atoms with Crippen molar-refractivity contribution in [1.29, 1.82) is 0 Å². The molecule has 0 aliphatic carbocycles. The van der Waals surface area contributed by atoms with Crippen molar-refractivity contribution in [3.63, 3.8) is 0 Å². The third kappa shape index (κ3) is 77.4. The van der Waals surface area contributed by atoms with E-state index in [1.54, 1.807) is 0 Å². The summed E-state index contributed by atoms with van der Waals surface area (Å²) in [6, 6.07) is 0. The first-order valence-electron chi connectivity index (χ1n) is 7.94. The van der Waals surface area contributed by atoms with Gasteiger partial charge in [-0.15, -0.1) is 23.0 Å². The molecule has 29 heavy (non-hydrogen) atoms. The normalized spacial score (nSPS) is 11.0. The third-order valence-corrected chi connectivity index (χ3v) is 1.63. The standard InChI is InChI=1S/4C5H8O2.V/c4*1-4(6)3-5(2)7;/h4*3,6H,1-2H3;/q;;;;+4/p-4/b4*4-3-;. The number of hydrogen-bond acceptors (Lipinski definition) is 8. The predicted octanol–water partition coefficient (Wildman–Crippen LogP) is -0.644. The zero-order chi connectivity index (χ0) is 23.4. The summed E-state index contributed by atoms with van der Waals surface area (Å²) in [5.41, 5.74) is 0. The fourth-order valence-electron chi connectivity index (χ4n) is 1.14. The van der Waals surface area contributed by atoms with Crippen molar-refractivity contribution in [1.82, 2.24) is 0 Å². The van der Waals surface area contributed by atoms with Crippen LogP contribution in [0, 0.1) is 0 Å². The van der Waals surface area contributed by atoms with E-state index >= 15 is 0 Å². The first-order valence-corrected chi connectivity index (χ1v) is 7.94. The van der Waals surface area contributed by atoms with E-state index < -0.39 is 0 Å². The fraction of sp³-hybridized carbons (Fsp3) is 0.400. The maximum Gasteiger partial charge on any atom is 4.00 e. The second kappa shape index (κ2) is 23.5. The van der Waals surface area contributed by atoms with Crippen LogP contribution in [0.5, 0.6) is 0 Å². The molecule has 0 aromatic heterocycles. The van der Waals surface area contributed by atoms with E-state index in [4.69, 9.17) is 0 Å². The summed E-state index contributed by atoms with van der Waals surface area (Å²) in [4.78, 5) is 39.9. The van der Waals surface area contributed by atoms with Gasteiger partial charge in [-0.1, -0.05) is 27.7 Å². The van der Waals surface area contributed by atoms with Crippen LogP contribution in [0.25, 0.3) is 0 Å². The monoisotopic (exact) mass is 447 g/mol. The van der Waals surface area contributed by atoms with Gasteiger partial charge in [-0.3, -0.25) is 19.2 Å². The molecule has 0 rings (SSSR count). The quantitative estimate of drug-likeness (QED) is 0.406. The molecular formula is C20H28O8V.